The highest BCUT2D eigenvalue weighted by Crippen LogP contribution is 2.31. The Kier molecular flexibility index (Phi) is 24.9. The van der Waals surface area contributed by atoms with Crippen LogP contribution < -0.4 is 16.0 Å². The smallest absolute Gasteiger partial charge is 0.329 e. The molecule has 366 valence electrons. The van der Waals surface area contributed by atoms with Crippen molar-refractivity contribution in [2.45, 2.75) is 220 Å². The zero-order valence-electron chi connectivity index (χ0n) is 41.6. The van der Waals surface area contributed by atoms with E-state index in [4.69, 9.17) is 4.74 Å². The molecule has 1 aliphatic carbocycles. The number of carbonyl (C=O) groups excluding carboxylic acids is 6. The number of carbonyl (C=O) groups is 6. The normalized spacial score (nSPS) is 27.9. The standard InChI is InChI=1S/C49H87N7O8/c1-13-15-20-33(7)28-38-46(60)54(10)35(9)49(63)64-42(24-19-25-50)45(59)53-39(29-34(8)21-16-14-2)48(62)55(11)40(27-32(5)6)43(57)51-37(26-31(3)4)47(61)56(12)41(44(58)52-38)30-36-22-17-18-23-36/h31-42,44,52,58H,13-24,26-30H2,1-12H3,(H,51,57)(H,53,59)/t33?,34-,35?,37?,38?,39?,40?,41?,42?,44?/m1/s1. The number of likely N-dealkylation sites (N-methyl/N-ethyl adjacent to an activating group) is 3. The van der Waals surface area contributed by atoms with E-state index in [-0.39, 0.29) is 61.2 Å². The van der Waals surface area contributed by atoms with Crippen LogP contribution in [-0.2, 0) is 33.5 Å². The SMILES string of the molecule is CCCCC(C)CC1NC(O)C(CC2CCCC2)N(C)C(=O)C(CC(C)C)NC(=O)C(CC(C)C)N(C)C(=O)C(C[C@H](C)CCCC)NC(=O)C(CCC#N)OC(=O)C(C)N(C)C1=O. The van der Waals surface area contributed by atoms with E-state index in [1.807, 2.05) is 47.6 Å². The van der Waals surface area contributed by atoms with Crippen molar-refractivity contribution in [1.29, 1.82) is 5.26 Å². The summed E-state index contributed by atoms with van der Waals surface area (Å²) in [5.74, 6) is -3.27. The van der Waals surface area contributed by atoms with Crippen LogP contribution in [0.2, 0.25) is 0 Å². The molecule has 1 saturated carbocycles. The van der Waals surface area contributed by atoms with E-state index < -0.39 is 78.2 Å². The van der Waals surface area contributed by atoms with E-state index in [9.17, 15) is 39.1 Å². The molecule has 15 nitrogen and oxygen atoms in total. The summed E-state index contributed by atoms with van der Waals surface area (Å²) >= 11 is 0. The number of cyclic esters (lactones) is 1. The number of aliphatic hydroxyl groups is 1. The molecule has 64 heavy (non-hydrogen) atoms. The Labute approximate surface area is 385 Å². The monoisotopic (exact) mass is 902 g/mol. The lowest BCUT2D eigenvalue weighted by Crippen LogP contribution is -2.61. The number of amides is 5. The molecule has 0 radical (unpaired) electrons. The summed E-state index contributed by atoms with van der Waals surface area (Å²) in [4.78, 5) is 90.9. The molecule has 1 aliphatic heterocycles. The van der Waals surface area contributed by atoms with Gasteiger partial charge in [0.1, 0.15) is 30.4 Å². The van der Waals surface area contributed by atoms with Gasteiger partial charge in [-0.15, -0.1) is 0 Å². The molecule has 2 rings (SSSR count). The van der Waals surface area contributed by atoms with E-state index >= 15 is 0 Å². The molecule has 2 aliphatic rings. The van der Waals surface area contributed by atoms with Gasteiger partial charge in [0.15, 0.2) is 6.10 Å². The lowest BCUT2D eigenvalue weighted by Gasteiger charge is -2.39. The molecule has 10 atom stereocenters. The van der Waals surface area contributed by atoms with Gasteiger partial charge in [-0.3, -0.25) is 29.3 Å². The number of nitrogens with one attached hydrogen (secondary N) is 3. The number of unbranched alkanes of at least 4 members (excludes halogenated alkanes) is 2. The molecular formula is C49H87N7O8. The molecule has 0 aromatic rings. The third-order valence-corrected chi connectivity index (χ3v) is 13.4. The van der Waals surface area contributed by atoms with Crippen molar-refractivity contribution in [2.24, 2.45) is 29.6 Å². The molecule has 0 bridgehead atoms. The maximum Gasteiger partial charge on any atom is 0.329 e. The number of nitrogens with zero attached hydrogens (tertiary/aromatic N) is 4. The lowest BCUT2D eigenvalue weighted by atomic mass is 9.92. The Morgan fingerprint density at radius 2 is 1.22 bits per heavy atom. The van der Waals surface area contributed by atoms with Crippen LogP contribution >= 0.6 is 0 Å². The van der Waals surface area contributed by atoms with Crippen LogP contribution in [0.15, 0.2) is 0 Å². The fourth-order valence-corrected chi connectivity index (χ4v) is 9.21. The van der Waals surface area contributed by atoms with Gasteiger partial charge >= 0.3 is 5.97 Å². The van der Waals surface area contributed by atoms with Crippen molar-refractivity contribution >= 4 is 35.5 Å². The van der Waals surface area contributed by atoms with Crippen molar-refractivity contribution < 1.29 is 38.6 Å². The molecule has 15 heteroatoms. The first kappa shape index (κ1) is 56.4. The quantitative estimate of drug-likeness (QED) is 0.117. The van der Waals surface area contributed by atoms with E-state index in [0.29, 0.717) is 19.3 Å². The first-order chi connectivity index (χ1) is 30.2. The average molecular weight is 902 g/mol. The van der Waals surface area contributed by atoms with Crippen molar-refractivity contribution in [3.8, 4) is 6.07 Å². The van der Waals surface area contributed by atoms with Gasteiger partial charge in [0.2, 0.25) is 23.6 Å². The van der Waals surface area contributed by atoms with E-state index in [0.717, 1.165) is 64.2 Å². The van der Waals surface area contributed by atoms with Gasteiger partial charge in [-0.25, -0.2) is 4.79 Å². The summed E-state index contributed by atoms with van der Waals surface area (Å²) < 4.78 is 5.82. The number of esters is 1. The van der Waals surface area contributed by atoms with Gasteiger partial charge < -0.3 is 35.2 Å². The molecule has 4 N–H and O–H groups in total. The summed E-state index contributed by atoms with van der Waals surface area (Å²) in [7, 11) is 4.66. The Balaban J connectivity index is 2.86. The zero-order valence-corrected chi connectivity index (χ0v) is 41.6. The predicted octanol–water partition coefficient (Wildman–Crippen LogP) is 6.07. The number of hydrogen-bond acceptors (Lipinski definition) is 10. The van der Waals surface area contributed by atoms with E-state index in [1.165, 1.54) is 35.7 Å². The molecular weight excluding hydrogens is 815 g/mol. The first-order valence-electron chi connectivity index (χ1n) is 24.6. The van der Waals surface area contributed by atoms with Crippen molar-refractivity contribution in [3.63, 3.8) is 0 Å². The van der Waals surface area contributed by atoms with Crippen LogP contribution in [0.1, 0.15) is 171 Å². The largest absolute Gasteiger partial charge is 0.451 e. The van der Waals surface area contributed by atoms with E-state index in [2.05, 4.69) is 29.8 Å². The second kappa shape index (κ2) is 28.3. The van der Waals surface area contributed by atoms with Gasteiger partial charge in [-0.05, 0) is 68.6 Å². The molecule has 0 spiro atoms. The van der Waals surface area contributed by atoms with Crippen molar-refractivity contribution in [1.82, 2.24) is 30.7 Å². The number of nitriles is 1. The predicted molar refractivity (Wildman–Crippen MR) is 249 cm³/mol. The molecule has 1 saturated heterocycles. The second-order valence-electron chi connectivity index (χ2n) is 20.1. The third-order valence-electron chi connectivity index (χ3n) is 13.4. The van der Waals surface area contributed by atoms with Crippen LogP contribution in [0.4, 0.5) is 0 Å². The highest BCUT2D eigenvalue weighted by Gasteiger charge is 2.41. The van der Waals surface area contributed by atoms with Gasteiger partial charge in [0.05, 0.1) is 18.2 Å². The molecule has 2 fully saturated rings. The zero-order chi connectivity index (χ0) is 48.3. The average Bonchev–Trinajstić information content (AvgIpc) is 3.77. The summed E-state index contributed by atoms with van der Waals surface area (Å²) in [6.45, 7) is 17.5. The summed E-state index contributed by atoms with van der Waals surface area (Å²) in [6.07, 6.45) is 7.89. The van der Waals surface area contributed by atoms with Crippen LogP contribution in [0, 0.1) is 40.9 Å². The van der Waals surface area contributed by atoms with Crippen LogP contribution in [0.3, 0.4) is 0 Å². The second-order valence-corrected chi connectivity index (χ2v) is 20.1. The Morgan fingerprint density at radius 1 is 0.719 bits per heavy atom. The Morgan fingerprint density at radius 3 is 1.75 bits per heavy atom. The summed E-state index contributed by atoms with van der Waals surface area (Å²) in [5.41, 5.74) is 0. The van der Waals surface area contributed by atoms with Crippen LogP contribution in [0.5, 0.6) is 0 Å². The Bertz CT molecular complexity index is 1530. The van der Waals surface area contributed by atoms with Crippen molar-refractivity contribution in [3.05, 3.63) is 0 Å². The fourth-order valence-electron chi connectivity index (χ4n) is 9.21. The number of ether oxygens (including phenoxy) is 1. The highest BCUT2D eigenvalue weighted by atomic mass is 16.5. The third kappa shape index (κ3) is 17.9. The fraction of sp³-hybridized carbons (Fsp3) is 0.857. The topological polar surface area (TPSA) is 201 Å². The molecule has 0 aromatic heterocycles. The van der Waals surface area contributed by atoms with Crippen LogP contribution in [0.25, 0.3) is 0 Å². The number of aliphatic hydroxyl groups excluding tert-OH is 1. The van der Waals surface area contributed by atoms with Gasteiger partial charge in [0, 0.05) is 34.0 Å². The van der Waals surface area contributed by atoms with Crippen LogP contribution in [-0.4, -0.2) is 125 Å². The van der Waals surface area contributed by atoms with E-state index in [1.54, 1.807) is 7.05 Å². The first-order valence-corrected chi connectivity index (χ1v) is 24.6. The van der Waals surface area contributed by atoms with Crippen molar-refractivity contribution in [2.75, 3.05) is 21.1 Å². The number of hydrogen-bond donors (Lipinski definition) is 4. The molecule has 0 aromatic carbocycles. The molecule has 9 unspecified atom stereocenters. The lowest BCUT2D eigenvalue weighted by molar-refractivity contribution is -0.163. The van der Waals surface area contributed by atoms with Gasteiger partial charge in [-0.2, -0.15) is 5.26 Å². The maximum absolute atomic E-state index is 14.8. The highest BCUT2D eigenvalue weighted by molar-refractivity contribution is 5.95. The molecule has 5 amide bonds. The summed E-state index contributed by atoms with van der Waals surface area (Å²) in [6, 6.07) is -3.99. The summed E-state index contributed by atoms with van der Waals surface area (Å²) in [5, 5.41) is 30.8. The number of rotatable bonds is 18. The van der Waals surface area contributed by atoms with Gasteiger partial charge in [-0.1, -0.05) is 120 Å². The molecule has 1 heterocycles. The maximum atomic E-state index is 14.8. The minimum absolute atomic E-state index is 0.00315. The minimum Gasteiger partial charge on any atom is -0.451 e. The minimum atomic E-state index is -1.45. The van der Waals surface area contributed by atoms with Gasteiger partial charge in [0.25, 0.3) is 5.91 Å². The Hall–Kier alpha value is -3.77.